The van der Waals surface area contributed by atoms with Gasteiger partial charge in [0.25, 0.3) is 5.91 Å². The number of morpholine rings is 1. The number of hydrogen-bond donors (Lipinski definition) is 0. The third-order valence-electron chi connectivity index (χ3n) is 3.28. The molecule has 1 heterocycles. The Bertz CT molecular complexity index is 288. The number of amides is 1. The van der Waals surface area contributed by atoms with Gasteiger partial charge in [-0.25, -0.2) is 4.79 Å². The Morgan fingerprint density at radius 2 is 1.88 bits per heavy atom. The summed E-state index contributed by atoms with van der Waals surface area (Å²) in [5, 5.41) is 0. The zero-order chi connectivity index (χ0) is 12.5. The minimum atomic E-state index is -0.613. The molecule has 4 heteroatoms. The number of nitrogens with zero attached hydrogens (tertiary/aromatic N) is 1. The molecule has 4 nitrogen and oxygen atoms in total. The Morgan fingerprint density at radius 3 is 2.31 bits per heavy atom. The maximum absolute atomic E-state index is 12.0. The van der Waals surface area contributed by atoms with Gasteiger partial charge in [-0.1, -0.05) is 34.1 Å². The molecule has 0 aliphatic carbocycles. The van der Waals surface area contributed by atoms with Crippen LogP contribution >= 0.6 is 0 Å². The van der Waals surface area contributed by atoms with Gasteiger partial charge in [0.15, 0.2) is 6.10 Å². The van der Waals surface area contributed by atoms with E-state index in [1.807, 2.05) is 27.7 Å². The fraction of sp³-hybridized carbons (Fsp3) is 0.833. The molecule has 0 aromatic heterocycles. The summed E-state index contributed by atoms with van der Waals surface area (Å²) in [6.45, 7) is 7.73. The Morgan fingerprint density at radius 1 is 1.31 bits per heavy atom. The average molecular weight is 227 g/mol. The highest BCUT2D eigenvalue weighted by molar-refractivity contribution is 5.92. The summed E-state index contributed by atoms with van der Waals surface area (Å²) in [6, 6.07) is -0.424. The Kier molecular flexibility index (Phi) is 3.94. The van der Waals surface area contributed by atoms with Crippen LogP contribution in [-0.4, -0.2) is 36.0 Å². The van der Waals surface area contributed by atoms with Crippen LogP contribution in [0.15, 0.2) is 0 Å². The molecule has 1 rings (SSSR count). The minimum Gasteiger partial charge on any atom is -0.450 e. The van der Waals surface area contributed by atoms with Crippen LogP contribution in [0.1, 0.15) is 34.1 Å². The van der Waals surface area contributed by atoms with E-state index in [1.165, 1.54) is 0 Å². The number of esters is 1. The molecule has 0 bridgehead atoms. The first-order valence-corrected chi connectivity index (χ1v) is 5.87. The number of rotatable bonds is 3. The molecule has 0 spiro atoms. The van der Waals surface area contributed by atoms with E-state index in [9.17, 15) is 9.59 Å². The smallest absolute Gasteiger partial charge is 0.329 e. The lowest BCUT2D eigenvalue weighted by atomic mass is 9.94. The molecule has 1 saturated heterocycles. The van der Waals surface area contributed by atoms with Crippen LogP contribution in [-0.2, 0) is 14.3 Å². The largest absolute Gasteiger partial charge is 0.450 e. The predicted octanol–water partition coefficient (Wildman–Crippen LogP) is 1.44. The first-order chi connectivity index (χ1) is 7.40. The van der Waals surface area contributed by atoms with Crippen LogP contribution in [0.25, 0.3) is 0 Å². The number of ether oxygens (including phenoxy) is 1. The first kappa shape index (κ1) is 13.0. The Hall–Kier alpha value is -1.06. The summed E-state index contributed by atoms with van der Waals surface area (Å²) >= 11 is 0. The normalized spacial score (nSPS) is 28.2. The van der Waals surface area contributed by atoms with Crippen molar-refractivity contribution in [3.05, 3.63) is 0 Å². The van der Waals surface area contributed by atoms with Crippen molar-refractivity contribution in [2.24, 2.45) is 11.8 Å². The van der Waals surface area contributed by atoms with Crippen molar-refractivity contribution < 1.29 is 14.3 Å². The minimum absolute atomic E-state index is 0.0248. The lowest BCUT2D eigenvalue weighted by Gasteiger charge is -2.39. The molecule has 3 atom stereocenters. The van der Waals surface area contributed by atoms with Gasteiger partial charge in [0.2, 0.25) is 0 Å². The van der Waals surface area contributed by atoms with Crippen LogP contribution in [0.4, 0.5) is 0 Å². The summed E-state index contributed by atoms with van der Waals surface area (Å²) < 4.78 is 5.24. The van der Waals surface area contributed by atoms with E-state index >= 15 is 0 Å². The Balaban J connectivity index is 2.88. The summed E-state index contributed by atoms with van der Waals surface area (Å²) in [6.07, 6.45) is 0.238. The molecule has 0 saturated carbocycles. The molecular formula is C12H21NO3. The zero-order valence-corrected chi connectivity index (χ0v) is 10.7. The fourth-order valence-electron chi connectivity index (χ4n) is 2.00. The second-order valence-corrected chi connectivity index (χ2v) is 4.88. The quantitative estimate of drug-likeness (QED) is 0.685. The molecular weight excluding hydrogens is 206 g/mol. The summed E-state index contributed by atoms with van der Waals surface area (Å²) in [7, 11) is 1.69. The highest BCUT2D eigenvalue weighted by Gasteiger charge is 2.43. The van der Waals surface area contributed by atoms with Crippen molar-refractivity contribution in [3.63, 3.8) is 0 Å². The number of hydrogen-bond acceptors (Lipinski definition) is 3. The molecule has 3 unspecified atom stereocenters. The molecule has 0 N–H and O–H groups in total. The van der Waals surface area contributed by atoms with E-state index in [0.717, 1.165) is 6.42 Å². The van der Waals surface area contributed by atoms with Crippen molar-refractivity contribution in [1.82, 2.24) is 4.90 Å². The van der Waals surface area contributed by atoms with Crippen LogP contribution in [0, 0.1) is 11.8 Å². The number of cyclic esters (lactones) is 1. The highest BCUT2D eigenvalue weighted by Crippen LogP contribution is 2.24. The molecule has 0 aromatic carbocycles. The molecule has 0 aromatic rings. The van der Waals surface area contributed by atoms with E-state index in [0.29, 0.717) is 0 Å². The van der Waals surface area contributed by atoms with Crippen molar-refractivity contribution in [3.8, 4) is 0 Å². The SMILES string of the molecule is CCC(C)C1C(=O)OC(C(C)C)C(=O)N1C. The van der Waals surface area contributed by atoms with Crippen molar-refractivity contribution >= 4 is 11.9 Å². The number of carbonyl (C=O) groups excluding carboxylic acids is 2. The lowest BCUT2D eigenvalue weighted by molar-refractivity contribution is -0.182. The highest BCUT2D eigenvalue weighted by atomic mass is 16.6. The van der Waals surface area contributed by atoms with Gasteiger partial charge < -0.3 is 9.64 Å². The van der Waals surface area contributed by atoms with Gasteiger partial charge in [-0.15, -0.1) is 0 Å². The van der Waals surface area contributed by atoms with Gasteiger partial charge in [-0.05, 0) is 11.8 Å². The van der Waals surface area contributed by atoms with Crippen molar-refractivity contribution in [2.75, 3.05) is 7.05 Å². The van der Waals surface area contributed by atoms with Crippen LogP contribution in [0.3, 0.4) is 0 Å². The maximum Gasteiger partial charge on any atom is 0.329 e. The molecule has 1 aliphatic rings. The second-order valence-electron chi connectivity index (χ2n) is 4.88. The van der Waals surface area contributed by atoms with E-state index < -0.39 is 12.1 Å². The van der Waals surface area contributed by atoms with Crippen molar-refractivity contribution in [1.29, 1.82) is 0 Å². The van der Waals surface area contributed by atoms with E-state index in [-0.39, 0.29) is 23.7 Å². The van der Waals surface area contributed by atoms with Crippen molar-refractivity contribution in [2.45, 2.75) is 46.3 Å². The predicted molar refractivity (Wildman–Crippen MR) is 60.7 cm³/mol. The number of likely N-dealkylation sites (N-methyl/N-ethyl adjacent to an activating group) is 1. The van der Waals surface area contributed by atoms with Gasteiger partial charge >= 0.3 is 5.97 Å². The van der Waals surface area contributed by atoms with E-state index in [1.54, 1.807) is 11.9 Å². The van der Waals surface area contributed by atoms with Gasteiger partial charge in [-0.3, -0.25) is 4.79 Å². The second kappa shape index (κ2) is 4.85. The van der Waals surface area contributed by atoms with E-state index in [4.69, 9.17) is 4.74 Å². The summed E-state index contributed by atoms with van der Waals surface area (Å²) in [4.78, 5) is 25.4. The zero-order valence-electron chi connectivity index (χ0n) is 10.7. The number of carbonyl (C=O) groups is 2. The summed E-state index contributed by atoms with van der Waals surface area (Å²) in [5.74, 6) is -0.193. The lowest BCUT2D eigenvalue weighted by Crippen LogP contribution is -2.58. The average Bonchev–Trinajstić information content (AvgIpc) is 2.22. The maximum atomic E-state index is 12.0. The van der Waals surface area contributed by atoms with E-state index in [2.05, 4.69) is 0 Å². The third-order valence-corrected chi connectivity index (χ3v) is 3.28. The van der Waals surface area contributed by atoms with Gasteiger partial charge in [0.1, 0.15) is 6.04 Å². The van der Waals surface area contributed by atoms with Crippen LogP contribution < -0.4 is 0 Å². The van der Waals surface area contributed by atoms with Crippen LogP contribution in [0.2, 0.25) is 0 Å². The fourth-order valence-corrected chi connectivity index (χ4v) is 2.00. The standard InChI is InChI=1S/C12H21NO3/c1-6-8(4)9-12(15)16-10(7(2)3)11(14)13(9)5/h7-10H,6H2,1-5H3. The molecule has 92 valence electrons. The van der Waals surface area contributed by atoms with Gasteiger partial charge in [-0.2, -0.15) is 0 Å². The molecule has 1 fully saturated rings. The molecule has 0 radical (unpaired) electrons. The third kappa shape index (κ3) is 2.20. The van der Waals surface area contributed by atoms with Crippen LogP contribution in [0.5, 0.6) is 0 Å². The Labute approximate surface area is 96.9 Å². The molecule has 16 heavy (non-hydrogen) atoms. The van der Waals surface area contributed by atoms with Gasteiger partial charge in [0.05, 0.1) is 0 Å². The first-order valence-electron chi connectivity index (χ1n) is 5.87. The molecule has 1 amide bonds. The topological polar surface area (TPSA) is 46.6 Å². The molecule has 1 aliphatic heterocycles. The van der Waals surface area contributed by atoms with Gasteiger partial charge in [0, 0.05) is 7.05 Å². The summed E-state index contributed by atoms with van der Waals surface area (Å²) in [5.41, 5.74) is 0. The monoisotopic (exact) mass is 227 g/mol.